The van der Waals surface area contributed by atoms with Crippen molar-refractivity contribution >= 4 is 27.3 Å². The van der Waals surface area contributed by atoms with Gasteiger partial charge in [-0.25, -0.2) is 0 Å². The summed E-state index contributed by atoms with van der Waals surface area (Å²) in [4.78, 5) is 2.42. The lowest BCUT2D eigenvalue weighted by molar-refractivity contribution is 0.222. The van der Waals surface area contributed by atoms with E-state index in [1.54, 1.807) is 0 Å². The van der Waals surface area contributed by atoms with Gasteiger partial charge in [-0.15, -0.1) is 0 Å². The van der Waals surface area contributed by atoms with Gasteiger partial charge in [-0.05, 0) is 31.0 Å². The van der Waals surface area contributed by atoms with Gasteiger partial charge in [0.2, 0.25) is 0 Å². The van der Waals surface area contributed by atoms with Crippen LogP contribution in [0.1, 0.15) is 25.7 Å². The van der Waals surface area contributed by atoms with Crippen molar-refractivity contribution in [2.45, 2.75) is 25.7 Å². The smallest absolute Gasteiger partial charge is 0.0601 e. The molecule has 0 unspecified atom stereocenters. The Balaban J connectivity index is 1.76. The molecule has 1 saturated heterocycles. The SMILES string of the molecule is Nc1cc(Br)ccc1N1CC2(CCCC2)C1. The zero-order valence-corrected chi connectivity index (χ0v) is 11.0. The van der Waals surface area contributed by atoms with Gasteiger partial charge >= 0.3 is 0 Å². The Kier molecular flexibility index (Phi) is 2.39. The first-order valence-corrected chi connectivity index (χ1v) is 6.78. The third-order valence-electron chi connectivity index (χ3n) is 4.05. The molecule has 1 spiro atoms. The maximum atomic E-state index is 6.05. The largest absolute Gasteiger partial charge is 0.397 e. The first-order valence-electron chi connectivity index (χ1n) is 5.99. The van der Waals surface area contributed by atoms with Crippen LogP contribution in [-0.4, -0.2) is 13.1 Å². The number of nitrogens with two attached hydrogens (primary N) is 1. The molecule has 2 nitrogen and oxygen atoms in total. The number of nitrogen functional groups attached to an aromatic ring is 1. The number of halogens is 1. The van der Waals surface area contributed by atoms with E-state index in [-0.39, 0.29) is 0 Å². The van der Waals surface area contributed by atoms with Gasteiger partial charge in [-0.1, -0.05) is 28.8 Å². The van der Waals surface area contributed by atoms with Crippen LogP contribution in [0.2, 0.25) is 0 Å². The predicted octanol–water partition coefficient (Wildman–Crippen LogP) is 3.41. The second-order valence-corrected chi connectivity index (χ2v) is 6.18. The van der Waals surface area contributed by atoms with Crippen LogP contribution < -0.4 is 10.6 Å². The van der Waals surface area contributed by atoms with Crippen LogP contribution in [-0.2, 0) is 0 Å². The summed E-state index contributed by atoms with van der Waals surface area (Å²) in [6, 6.07) is 6.20. The van der Waals surface area contributed by atoms with Crippen LogP contribution in [0.15, 0.2) is 22.7 Å². The van der Waals surface area contributed by atoms with Crippen LogP contribution in [0.25, 0.3) is 0 Å². The number of anilines is 2. The van der Waals surface area contributed by atoms with Gasteiger partial charge in [0.05, 0.1) is 11.4 Å². The number of hydrogen-bond acceptors (Lipinski definition) is 2. The average molecular weight is 281 g/mol. The highest BCUT2D eigenvalue weighted by atomic mass is 79.9. The Labute approximate surface area is 105 Å². The third kappa shape index (κ3) is 1.61. The van der Waals surface area contributed by atoms with Gasteiger partial charge in [0.1, 0.15) is 0 Å². The lowest BCUT2D eigenvalue weighted by Crippen LogP contribution is -2.55. The molecule has 1 aromatic rings. The first kappa shape index (κ1) is 10.5. The lowest BCUT2D eigenvalue weighted by atomic mass is 9.78. The van der Waals surface area contributed by atoms with Crippen molar-refractivity contribution in [2.24, 2.45) is 5.41 Å². The van der Waals surface area contributed by atoms with Crippen molar-refractivity contribution in [1.82, 2.24) is 0 Å². The summed E-state index contributed by atoms with van der Waals surface area (Å²) in [5, 5.41) is 0. The Hall–Kier alpha value is -0.700. The zero-order chi connectivity index (χ0) is 11.2. The molecule has 0 atom stereocenters. The Morgan fingerprint density at radius 3 is 2.50 bits per heavy atom. The molecule has 0 amide bonds. The molecule has 1 aromatic carbocycles. The Bertz CT molecular complexity index is 402. The molecule has 1 saturated carbocycles. The quantitative estimate of drug-likeness (QED) is 0.799. The Morgan fingerprint density at radius 2 is 1.88 bits per heavy atom. The van der Waals surface area contributed by atoms with E-state index in [1.807, 2.05) is 6.07 Å². The van der Waals surface area contributed by atoms with Gasteiger partial charge in [-0.2, -0.15) is 0 Å². The molecule has 1 aliphatic heterocycles. The fourth-order valence-corrected chi connectivity index (χ4v) is 3.57. The van der Waals surface area contributed by atoms with E-state index in [0.717, 1.165) is 10.2 Å². The van der Waals surface area contributed by atoms with Crippen LogP contribution in [0.3, 0.4) is 0 Å². The van der Waals surface area contributed by atoms with Crippen LogP contribution in [0, 0.1) is 5.41 Å². The van der Waals surface area contributed by atoms with Gasteiger partial charge in [0.25, 0.3) is 0 Å². The molecule has 0 bridgehead atoms. The number of nitrogens with zero attached hydrogens (tertiary/aromatic N) is 1. The summed E-state index contributed by atoms with van der Waals surface area (Å²) in [7, 11) is 0. The Morgan fingerprint density at radius 1 is 1.19 bits per heavy atom. The van der Waals surface area contributed by atoms with Crippen molar-refractivity contribution in [3.05, 3.63) is 22.7 Å². The van der Waals surface area contributed by atoms with Gasteiger partial charge in [0.15, 0.2) is 0 Å². The summed E-state index contributed by atoms with van der Waals surface area (Å²) in [6.07, 6.45) is 5.67. The molecule has 2 aliphatic rings. The second-order valence-electron chi connectivity index (χ2n) is 5.27. The summed E-state index contributed by atoms with van der Waals surface area (Å²) < 4.78 is 1.06. The zero-order valence-electron chi connectivity index (χ0n) is 9.38. The molecule has 2 N–H and O–H groups in total. The minimum absolute atomic E-state index is 0.638. The number of hydrogen-bond donors (Lipinski definition) is 1. The maximum Gasteiger partial charge on any atom is 0.0601 e. The van der Waals surface area contributed by atoms with Crippen molar-refractivity contribution < 1.29 is 0 Å². The maximum absolute atomic E-state index is 6.05. The summed E-state index contributed by atoms with van der Waals surface area (Å²) >= 11 is 3.45. The van der Waals surface area contributed by atoms with Crippen molar-refractivity contribution in [3.63, 3.8) is 0 Å². The fraction of sp³-hybridized carbons (Fsp3) is 0.538. The van der Waals surface area contributed by atoms with Gasteiger partial charge in [0, 0.05) is 23.0 Å². The second kappa shape index (κ2) is 3.66. The van der Waals surface area contributed by atoms with Gasteiger partial charge in [-0.3, -0.25) is 0 Å². The molecule has 2 fully saturated rings. The third-order valence-corrected chi connectivity index (χ3v) is 4.54. The van der Waals surface area contributed by atoms with E-state index >= 15 is 0 Å². The highest BCUT2D eigenvalue weighted by Gasteiger charge is 2.44. The van der Waals surface area contributed by atoms with E-state index in [1.165, 1.54) is 44.5 Å². The van der Waals surface area contributed by atoms with Crippen LogP contribution >= 0.6 is 15.9 Å². The van der Waals surface area contributed by atoms with E-state index in [0.29, 0.717) is 5.41 Å². The molecule has 3 heteroatoms. The minimum Gasteiger partial charge on any atom is -0.397 e. The van der Waals surface area contributed by atoms with Crippen molar-refractivity contribution in [2.75, 3.05) is 23.7 Å². The van der Waals surface area contributed by atoms with Crippen molar-refractivity contribution in [3.8, 4) is 0 Å². The molecule has 3 rings (SSSR count). The summed E-state index contributed by atoms with van der Waals surface area (Å²) in [5.41, 5.74) is 8.79. The topological polar surface area (TPSA) is 29.3 Å². The van der Waals surface area contributed by atoms with E-state index in [4.69, 9.17) is 5.73 Å². The molecular weight excluding hydrogens is 264 g/mol. The standard InChI is InChI=1S/C13H17BrN2/c14-10-3-4-12(11(15)7-10)16-8-13(9-16)5-1-2-6-13/h3-4,7H,1-2,5-6,8-9,15H2. The molecule has 16 heavy (non-hydrogen) atoms. The highest BCUT2D eigenvalue weighted by Crippen LogP contribution is 2.47. The predicted molar refractivity (Wildman–Crippen MR) is 71.7 cm³/mol. The van der Waals surface area contributed by atoms with Crippen molar-refractivity contribution in [1.29, 1.82) is 0 Å². The molecule has 86 valence electrons. The first-order chi connectivity index (χ1) is 7.69. The molecule has 1 heterocycles. The summed E-state index contributed by atoms with van der Waals surface area (Å²) in [5.74, 6) is 0. The number of benzene rings is 1. The van der Waals surface area contributed by atoms with E-state index in [9.17, 15) is 0 Å². The van der Waals surface area contributed by atoms with E-state index < -0.39 is 0 Å². The van der Waals surface area contributed by atoms with Crippen LogP contribution in [0.5, 0.6) is 0 Å². The lowest BCUT2D eigenvalue weighted by Gasteiger charge is -2.50. The fourth-order valence-electron chi connectivity index (χ4n) is 3.19. The monoisotopic (exact) mass is 280 g/mol. The normalized spacial score (nSPS) is 22.4. The summed E-state index contributed by atoms with van der Waals surface area (Å²) in [6.45, 7) is 2.41. The van der Waals surface area contributed by atoms with Gasteiger partial charge < -0.3 is 10.6 Å². The number of rotatable bonds is 1. The van der Waals surface area contributed by atoms with Crippen LogP contribution in [0.4, 0.5) is 11.4 Å². The molecule has 0 radical (unpaired) electrons. The van der Waals surface area contributed by atoms with E-state index in [2.05, 4.69) is 33.0 Å². The molecule has 0 aromatic heterocycles. The molecular formula is C13H17BrN2. The average Bonchev–Trinajstić information content (AvgIpc) is 2.65. The minimum atomic E-state index is 0.638. The molecule has 1 aliphatic carbocycles. The highest BCUT2D eigenvalue weighted by molar-refractivity contribution is 9.10.